The van der Waals surface area contributed by atoms with Gasteiger partial charge in [0.1, 0.15) is 0 Å². The number of nitrogens with zero attached hydrogens (tertiary/aromatic N) is 2. The van der Waals surface area contributed by atoms with Crippen molar-refractivity contribution >= 4 is 33.2 Å². The summed E-state index contributed by atoms with van der Waals surface area (Å²) in [6.45, 7) is 0. The quantitative estimate of drug-likeness (QED) is 0.853. The Morgan fingerprint density at radius 2 is 2.23 bits per heavy atom. The van der Waals surface area contributed by atoms with E-state index >= 15 is 0 Å². The van der Waals surface area contributed by atoms with Gasteiger partial charge in [-0.2, -0.15) is 0 Å². The summed E-state index contributed by atoms with van der Waals surface area (Å²) in [6.07, 6.45) is 1.66. The Kier molecular flexibility index (Phi) is 2.28. The van der Waals surface area contributed by atoms with Gasteiger partial charge in [-0.25, -0.2) is 9.97 Å². The molecular formula is C8H6BrN3S. The largest absolute Gasteiger partial charge is 0.368 e. The smallest absolute Gasteiger partial charge is 0.220 e. The number of thiophene rings is 1. The Balaban J connectivity index is 2.53. The van der Waals surface area contributed by atoms with Gasteiger partial charge >= 0.3 is 0 Å². The van der Waals surface area contributed by atoms with Crippen molar-refractivity contribution in [2.24, 2.45) is 0 Å². The second-order valence-corrected chi connectivity index (χ2v) is 4.17. The van der Waals surface area contributed by atoms with Crippen molar-refractivity contribution in [1.82, 2.24) is 9.97 Å². The van der Waals surface area contributed by atoms with Gasteiger partial charge in [0.05, 0.1) is 10.6 Å². The average molecular weight is 256 g/mol. The minimum Gasteiger partial charge on any atom is -0.368 e. The average Bonchev–Trinajstić information content (AvgIpc) is 2.51. The molecule has 3 nitrogen and oxygen atoms in total. The molecule has 0 saturated heterocycles. The minimum atomic E-state index is 0.304. The van der Waals surface area contributed by atoms with Crippen molar-refractivity contribution in [3.8, 4) is 10.6 Å². The van der Waals surface area contributed by atoms with Gasteiger partial charge in [0, 0.05) is 10.7 Å². The molecule has 0 bridgehead atoms. The van der Waals surface area contributed by atoms with E-state index in [4.69, 9.17) is 5.73 Å². The maximum Gasteiger partial charge on any atom is 0.220 e. The number of halogens is 1. The molecule has 0 aliphatic rings. The number of aromatic nitrogens is 2. The standard InChI is InChI=1S/C8H6BrN3S/c9-5-2-4-13-7(5)6-1-3-11-8(10)12-6/h1-4H,(H2,10,11,12). The Morgan fingerprint density at radius 1 is 1.38 bits per heavy atom. The monoisotopic (exact) mass is 255 g/mol. The van der Waals surface area contributed by atoms with Crippen LogP contribution < -0.4 is 5.73 Å². The summed E-state index contributed by atoms with van der Waals surface area (Å²) >= 11 is 5.06. The zero-order valence-electron chi connectivity index (χ0n) is 6.57. The molecule has 0 spiro atoms. The van der Waals surface area contributed by atoms with Crippen LogP contribution in [0.3, 0.4) is 0 Å². The lowest BCUT2D eigenvalue weighted by atomic mass is 10.3. The number of nitrogens with two attached hydrogens (primary N) is 1. The normalized spacial score (nSPS) is 10.2. The zero-order chi connectivity index (χ0) is 9.26. The van der Waals surface area contributed by atoms with Gasteiger partial charge in [-0.3, -0.25) is 0 Å². The molecule has 0 atom stereocenters. The lowest BCUT2D eigenvalue weighted by Crippen LogP contribution is -1.94. The van der Waals surface area contributed by atoms with Crippen LogP contribution in [0, 0.1) is 0 Å². The fraction of sp³-hybridized carbons (Fsp3) is 0. The van der Waals surface area contributed by atoms with Gasteiger partial charge in [0.25, 0.3) is 0 Å². The third kappa shape index (κ3) is 1.71. The molecule has 0 aromatic carbocycles. The molecule has 2 N–H and O–H groups in total. The second-order valence-electron chi connectivity index (χ2n) is 2.40. The van der Waals surface area contributed by atoms with E-state index in [0.717, 1.165) is 15.0 Å². The van der Waals surface area contributed by atoms with Crippen LogP contribution in [0.25, 0.3) is 10.6 Å². The van der Waals surface area contributed by atoms with E-state index < -0.39 is 0 Å². The second kappa shape index (κ2) is 3.43. The molecule has 0 aliphatic carbocycles. The van der Waals surface area contributed by atoms with Gasteiger partial charge in [-0.15, -0.1) is 11.3 Å². The molecule has 2 aromatic heterocycles. The third-order valence-electron chi connectivity index (χ3n) is 1.52. The van der Waals surface area contributed by atoms with Crippen LogP contribution in [-0.2, 0) is 0 Å². The molecule has 0 unspecified atom stereocenters. The van der Waals surface area contributed by atoms with Crippen molar-refractivity contribution in [2.75, 3.05) is 5.73 Å². The predicted molar refractivity (Wildman–Crippen MR) is 57.5 cm³/mol. The first-order chi connectivity index (χ1) is 6.27. The number of anilines is 1. The van der Waals surface area contributed by atoms with Crippen molar-refractivity contribution in [3.05, 3.63) is 28.2 Å². The molecule has 5 heteroatoms. The summed E-state index contributed by atoms with van der Waals surface area (Å²) < 4.78 is 1.04. The van der Waals surface area contributed by atoms with E-state index in [-0.39, 0.29) is 0 Å². The van der Waals surface area contributed by atoms with Crippen LogP contribution in [0.15, 0.2) is 28.2 Å². The van der Waals surface area contributed by atoms with Crippen LogP contribution >= 0.6 is 27.3 Å². The Hall–Kier alpha value is -0.940. The Bertz CT molecular complexity index is 427. The van der Waals surface area contributed by atoms with E-state index in [1.807, 2.05) is 17.5 Å². The summed E-state index contributed by atoms with van der Waals surface area (Å²) in [6, 6.07) is 3.82. The van der Waals surface area contributed by atoms with Crippen molar-refractivity contribution < 1.29 is 0 Å². The van der Waals surface area contributed by atoms with E-state index in [1.54, 1.807) is 17.5 Å². The molecule has 2 heterocycles. The SMILES string of the molecule is Nc1nccc(-c2sccc2Br)n1. The van der Waals surface area contributed by atoms with Crippen molar-refractivity contribution in [1.29, 1.82) is 0 Å². The minimum absolute atomic E-state index is 0.304. The highest BCUT2D eigenvalue weighted by Gasteiger charge is 2.05. The fourth-order valence-corrected chi connectivity index (χ4v) is 2.52. The molecule has 0 fully saturated rings. The van der Waals surface area contributed by atoms with Crippen molar-refractivity contribution in [2.45, 2.75) is 0 Å². The van der Waals surface area contributed by atoms with Gasteiger partial charge in [0.2, 0.25) is 5.95 Å². The van der Waals surface area contributed by atoms with Crippen LogP contribution in [0.1, 0.15) is 0 Å². The van der Waals surface area contributed by atoms with Crippen LogP contribution in [0.5, 0.6) is 0 Å². The Labute approximate surface area is 87.8 Å². The summed E-state index contributed by atoms with van der Waals surface area (Å²) in [5.41, 5.74) is 6.34. The lowest BCUT2D eigenvalue weighted by molar-refractivity contribution is 1.19. The van der Waals surface area contributed by atoms with E-state index in [1.165, 1.54) is 0 Å². The number of rotatable bonds is 1. The predicted octanol–water partition coefficient (Wildman–Crippen LogP) is 2.55. The molecule has 0 saturated carbocycles. The van der Waals surface area contributed by atoms with E-state index in [9.17, 15) is 0 Å². The van der Waals surface area contributed by atoms with Gasteiger partial charge in [0.15, 0.2) is 0 Å². The maximum atomic E-state index is 5.48. The summed E-state index contributed by atoms with van der Waals surface area (Å²) in [4.78, 5) is 9.04. The van der Waals surface area contributed by atoms with E-state index in [2.05, 4.69) is 25.9 Å². The molecule has 66 valence electrons. The highest BCUT2D eigenvalue weighted by Crippen LogP contribution is 2.31. The van der Waals surface area contributed by atoms with Gasteiger partial charge < -0.3 is 5.73 Å². The molecular weight excluding hydrogens is 250 g/mol. The first kappa shape index (κ1) is 8.65. The fourth-order valence-electron chi connectivity index (χ4n) is 0.977. The maximum absolute atomic E-state index is 5.48. The topological polar surface area (TPSA) is 51.8 Å². The zero-order valence-corrected chi connectivity index (χ0v) is 8.97. The highest BCUT2D eigenvalue weighted by atomic mass is 79.9. The number of hydrogen-bond acceptors (Lipinski definition) is 4. The molecule has 13 heavy (non-hydrogen) atoms. The molecule has 0 radical (unpaired) electrons. The molecule has 2 rings (SSSR count). The Morgan fingerprint density at radius 3 is 2.85 bits per heavy atom. The van der Waals surface area contributed by atoms with Crippen molar-refractivity contribution in [3.63, 3.8) is 0 Å². The lowest BCUT2D eigenvalue weighted by Gasteiger charge is -1.97. The first-order valence-corrected chi connectivity index (χ1v) is 5.26. The number of nitrogen functional groups attached to an aromatic ring is 1. The summed E-state index contributed by atoms with van der Waals surface area (Å²) in [7, 11) is 0. The van der Waals surface area contributed by atoms with E-state index in [0.29, 0.717) is 5.95 Å². The molecule has 0 amide bonds. The van der Waals surface area contributed by atoms with Crippen LogP contribution in [0.2, 0.25) is 0 Å². The van der Waals surface area contributed by atoms with Crippen LogP contribution in [0.4, 0.5) is 5.95 Å². The molecule has 2 aromatic rings. The first-order valence-electron chi connectivity index (χ1n) is 3.59. The van der Waals surface area contributed by atoms with Gasteiger partial charge in [-0.1, -0.05) is 0 Å². The summed E-state index contributed by atoms with van der Waals surface area (Å²) in [5, 5.41) is 2.00. The van der Waals surface area contributed by atoms with Crippen LogP contribution in [-0.4, -0.2) is 9.97 Å². The third-order valence-corrected chi connectivity index (χ3v) is 3.38. The molecule has 0 aliphatic heterocycles. The highest BCUT2D eigenvalue weighted by molar-refractivity contribution is 9.10. The number of hydrogen-bond donors (Lipinski definition) is 1. The van der Waals surface area contributed by atoms with Gasteiger partial charge in [-0.05, 0) is 33.4 Å². The summed E-state index contributed by atoms with van der Waals surface area (Å²) in [5.74, 6) is 0.304.